The Balaban J connectivity index is 2.49. The van der Waals surface area contributed by atoms with Gasteiger partial charge in [-0.3, -0.25) is 4.72 Å². The Hall–Kier alpha value is -1.24. The third kappa shape index (κ3) is 3.08. The fourth-order valence-corrected chi connectivity index (χ4v) is 3.87. The molecule has 3 N–H and O–H groups in total. The first-order valence-electron chi connectivity index (χ1n) is 5.64. The zero-order chi connectivity index (χ0) is 14.9. The first-order valence-corrected chi connectivity index (χ1v) is 8.29. The molecule has 0 heterocycles. The molecule has 20 heavy (non-hydrogen) atoms. The molecular formula is C13H12BrClN2O2S. The second kappa shape index (κ2) is 5.63. The van der Waals surface area contributed by atoms with Crippen molar-refractivity contribution in [2.24, 2.45) is 0 Å². The molecule has 0 aliphatic rings. The normalized spacial score (nSPS) is 11.3. The number of nitrogen functional groups attached to an aromatic ring is 1. The summed E-state index contributed by atoms with van der Waals surface area (Å²) in [5, 5.41) is 0.0881. The van der Waals surface area contributed by atoms with Gasteiger partial charge < -0.3 is 5.73 Å². The van der Waals surface area contributed by atoms with Crippen LogP contribution in [0.15, 0.2) is 45.8 Å². The van der Waals surface area contributed by atoms with E-state index in [2.05, 4.69) is 20.7 Å². The molecule has 0 aliphatic heterocycles. The minimum atomic E-state index is -3.84. The number of nitrogens with two attached hydrogens (primary N) is 1. The zero-order valence-electron chi connectivity index (χ0n) is 10.5. The molecule has 0 fully saturated rings. The van der Waals surface area contributed by atoms with Crippen LogP contribution in [-0.2, 0) is 10.0 Å². The Morgan fingerprint density at radius 3 is 2.60 bits per heavy atom. The maximum absolute atomic E-state index is 12.4. The molecule has 0 radical (unpaired) electrons. The van der Waals surface area contributed by atoms with Crippen molar-refractivity contribution in [2.45, 2.75) is 11.8 Å². The van der Waals surface area contributed by atoms with E-state index in [0.29, 0.717) is 5.69 Å². The maximum Gasteiger partial charge on any atom is 0.265 e. The van der Waals surface area contributed by atoms with Crippen molar-refractivity contribution in [3.8, 4) is 0 Å². The van der Waals surface area contributed by atoms with E-state index < -0.39 is 10.0 Å². The third-order valence-electron chi connectivity index (χ3n) is 2.71. The van der Waals surface area contributed by atoms with Crippen molar-refractivity contribution in [2.75, 3.05) is 10.5 Å². The number of anilines is 2. The van der Waals surface area contributed by atoms with Crippen LogP contribution >= 0.6 is 27.5 Å². The molecule has 0 spiro atoms. The molecule has 106 valence electrons. The summed E-state index contributed by atoms with van der Waals surface area (Å²) in [6.07, 6.45) is 0. The van der Waals surface area contributed by atoms with Gasteiger partial charge in [-0.05, 0) is 36.8 Å². The Morgan fingerprint density at radius 2 is 1.95 bits per heavy atom. The van der Waals surface area contributed by atoms with E-state index in [1.54, 1.807) is 25.1 Å². The second-order valence-corrected chi connectivity index (χ2v) is 7.17. The van der Waals surface area contributed by atoms with Crippen molar-refractivity contribution in [1.82, 2.24) is 0 Å². The van der Waals surface area contributed by atoms with Gasteiger partial charge >= 0.3 is 0 Å². The lowest BCUT2D eigenvalue weighted by Crippen LogP contribution is -2.16. The van der Waals surface area contributed by atoms with Gasteiger partial charge in [0, 0.05) is 4.47 Å². The summed E-state index contributed by atoms with van der Waals surface area (Å²) in [4.78, 5) is -0.110. The highest BCUT2D eigenvalue weighted by atomic mass is 79.9. The van der Waals surface area contributed by atoms with Crippen LogP contribution in [0.25, 0.3) is 0 Å². The van der Waals surface area contributed by atoms with E-state index in [0.717, 1.165) is 10.0 Å². The van der Waals surface area contributed by atoms with Crippen molar-refractivity contribution in [3.05, 3.63) is 51.5 Å². The van der Waals surface area contributed by atoms with Gasteiger partial charge in [-0.25, -0.2) is 8.42 Å². The molecule has 0 saturated heterocycles. The SMILES string of the molecule is Cc1ccc(Br)cc1NS(=O)(=O)c1c(N)cccc1Cl. The molecular weight excluding hydrogens is 364 g/mol. The molecule has 7 heteroatoms. The largest absolute Gasteiger partial charge is 0.398 e. The molecule has 4 nitrogen and oxygen atoms in total. The first kappa shape index (κ1) is 15.2. The van der Waals surface area contributed by atoms with Gasteiger partial charge in [0.25, 0.3) is 10.0 Å². The van der Waals surface area contributed by atoms with E-state index in [9.17, 15) is 8.42 Å². The predicted molar refractivity (Wildman–Crippen MR) is 85.6 cm³/mol. The lowest BCUT2D eigenvalue weighted by Gasteiger charge is -2.13. The van der Waals surface area contributed by atoms with Crippen molar-refractivity contribution in [3.63, 3.8) is 0 Å². The Labute approximate surface area is 131 Å². The summed E-state index contributed by atoms with van der Waals surface area (Å²) in [7, 11) is -3.84. The quantitative estimate of drug-likeness (QED) is 0.802. The van der Waals surface area contributed by atoms with E-state index in [1.165, 1.54) is 12.1 Å². The Morgan fingerprint density at radius 1 is 1.25 bits per heavy atom. The highest BCUT2D eigenvalue weighted by Gasteiger charge is 2.21. The van der Waals surface area contributed by atoms with Gasteiger partial charge in [0.15, 0.2) is 0 Å². The summed E-state index contributed by atoms with van der Waals surface area (Å²) in [6.45, 7) is 1.81. The van der Waals surface area contributed by atoms with Crippen LogP contribution in [0.1, 0.15) is 5.56 Å². The summed E-state index contributed by atoms with van der Waals surface area (Å²) in [6, 6.07) is 9.89. The molecule has 2 rings (SSSR count). The van der Waals surface area contributed by atoms with Crippen molar-refractivity contribution >= 4 is 48.9 Å². The molecule has 0 unspecified atom stereocenters. The maximum atomic E-state index is 12.4. The van der Waals surface area contributed by atoms with Gasteiger partial charge in [0.1, 0.15) is 4.90 Å². The van der Waals surface area contributed by atoms with Crippen molar-refractivity contribution < 1.29 is 8.42 Å². The monoisotopic (exact) mass is 374 g/mol. The average molecular weight is 376 g/mol. The van der Waals surface area contributed by atoms with Gasteiger partial charge in [0.05, 0.1) is 16.4 Å². The number of sulfonamides is 1. The number of nitrogens with one attached hydrogen (secondary N) is 1. The lowest BCUT2D eigenvalue weighted by atomic mass is 10.2. The van der Waals surface area contributed by atoms with Crippen molar-refractivity contribution in [1.29, 1.82) is 0 Å². The smallest absolute Gasteiger partial charge is 0.265 e. The fourth-order valence-electron chi connectivity index (χ4n) is 1.71. The van der Waals surface area contributed by atoms with Crippen LogP contribution in [0.2, 0.25) is 5.02 Å². The molecule has 0 aromatic heterocycles. The molecule has 2 aromatic carbocycles. The van der Waals surface area contributed by atoms with Crippen LogP contribution < -0.4 is 10.5 Å². The van der Waals surface area contributed by atoms with E-state index in [4.69, 9.17) is 17.3 Å². The van der Waals surface area contributed by atoms with Crippen LogP contribution in [0.5, 0.6) is 0 Å². The van der Waals surface area contributed by atoms with Crippen LogP contribution in [-0.4, -0.2) is 8.42 Å². The molecule has 2 aromatic rings. The summed E-state index contributed by atoms with van der Waals surface area (Å²) in [5.74, 6) is 0. The van der Waals surface area contributed by atoms with Crippen LogP contribution in [0.4, 0.5) is 11.4 Å². The Bertz CT molecular complexity index is 743. The number of halogens is 2. The number of rotatable bonds is 3. The highest BCUT2D eigenvalue weighted by molar-refractivity contribution is 9.10. The van der Waals surface area contributed by atoms with Crippen LogP contribution in [0, 0.1) is 6.92 Å². The zero-order valence-corrected chi connectivity index (χ0v) is 13.7. The second-order valence-electron chi connectivity index (χ2n) is 4.22. The van der Waals surface area contributed by atoms with Gasteiger partial charge in [-0.15, -0.1) is 0 Å². The number of benzene rings is 2. The summed E-state index contributed by atoms with van der Waals surface area (Å²) < 4.78 is 28.1. The van der Waals surface area contributed by atoms with Crippen LogP contribution in [0.3, 0.4) is 0 Å². The summed E-state index contributed by atoms with van der Waals surface area (Å²) >= 11 is 9.25. The number of aryl methyl sites for hydroxylation is 1. The van der Waals surface area contributed by atoms with Gasteiger partial charge in [-0.2, -0.15) is 0 Å². The van der Waals surface area contributed by atoms with Gasteiger partial charge in [0.2, 0.25) is 0 Å². The molecule has 0 saturated carbocycles. The Kier molecular flexibility index (Phi) is 4.27. The highest BCUT2D eigenvalue weighted by Crippen LogP contribution is 2.30. The fraction of sp³-hybridized carbons (Fsp3) is 0.0769. The molecule has 0 atom stereocenters. The average Bonchev–Trinajstić information content (AvgIpc) is 2.33. The molecule has 0 amide bonds. The number of hydrogen-bond acceptors (Lipinski definition) is 3. The number of hydrogen-bond donors (Lipinski definition) is 2. The first-order chi connectivity index (χ1) is 9.31. The minimum absolute atomic E-state index is 0.0881. The van der Waals surface area contributed by atoms with Gasteiger partial charge in [-0.1, -0.05) is 39.7 Å². The topological polar surface area (TPSA) is 72.2 Å². The third-order valence-corrected chi connectivity index (χ3v) is 5.11. The minimum Gasteiger partial charge on any atom is -0.398 e. The molecule has 0 aliphatic carbocycles. The van der Waals surface area contributed by atoms with E-state index in [1.807, 2.05) is 6.07 Å². The lowest BCUT2D eigenvalue weighted by molar-refractivity contribution is 0.601. The van der Waals surface area contributed by atoms with E-state index in [-0.39, 0.29) is 15.6 Å². The summed E-state index contributed by atoms with van der Waals surface area (Å²) in [5.41, 5.74) is 7.09. The van der Waals surface area contributed by atoms with E-state index >= 15 is 0 Å². The molecule has 0 bridgehead atoms. The standard InChI is InChI=1S/C13H12BrClN2O2S/c1-8-5-6-9(14)7-12(8)17-20(18,19)13-10(15)3-2-4-11(13)16/h2-7,17H,16H2,1H3. The predicted octanol–water partition coefficient (Wildman–Crippen LogP) is 3.79.